The van der Waals surface area contributed by atoms with Gasteiger partial charge in [-0.3, -0.25) is 4.68 Å². The lowest BCUT2D eigenvalue weighted by Crippen LogP contribution is -2.02. The molecule has 0 N–H and O–H groups in total. The van der Waals surface area contributed by atoms with E-state index in [1.54, 1.807) is 30.4 Å². The maximum absolute atomic E-state index is 7.19. The Bertz CT molecular complexity index is 1640. The Morgan fingerprint density at radius 2 is 1.92 bits per heavy atom. The summed E-state index contributed by atoms with van der Waals surface area (Å²) in [5.41, 5.74) is 7.13. The van der Waals surface area contributed by atoms with E-state index in [0.717, 1.165) is 57.8 Å². The number of hydrogen-bond donors (Lipinski definition) is 0. The van der Waals surface area contributed by atoms with Gasteiger partial charge in [-0.15, -0.1) is 0 Å². The Morgan fingerprint density at radius 1 is 1.11 bits per heavy atom. The van der Waals surface area contributed by atoms with Crippen LogP contribution in [0.25, 0.3) is 33.0 Å². The Kier molecular flexibility index (Phi) is 5.18. The first-order valence-electron chi connectivity index (χ1n) is 11.7. The summed E-state index contributed by atoms with van der Waals surface area (Å²) in [6.07, 6.45) is 6.15. The van der Waals surface area contributed by atoms with Crippen LogP contribution < -0.4 is 4.74 Å². The monoisotopic (exact) mass is 477 g/mol. The highest BCUT2D eigenvalue weighted by Gasteiger charge is 2.31. The van der Waals surface area contributed by atoms with E-state index in [2.05, 4.69) is 37.0 Å². The normalized spacial score (nSPS) is 13.2. The van der Waals surface area contributed by atoms with Crippen LogP contribution in [0, 0.1) is 13.5 Å². The minimum Gasteiger partial charge on any atom is -0.480 e. The Morgan fingerprint density at radius 3 is 2.61 bits per heavy atom. The maximum atomic E-state index is 7.19. The molecule has 0 unspecified atom stereocenters. The molecule has 1 aliphatic carbocycles. The smallest absolute Gasteiger partial charge is 0.296 e. The molecule has 0 atom stereocenters. The summed E-state index contributed by atoms with van der Waals surface area (Å²) >= 11 is 0. The summed E-state index contributed by atoms with van der Waals surface area (Å²) in [5.74, 6) is 1.82. The van der Waals surface area contributed by atoms with Gasteiger partial charge in [-0.05, 0) is 48.6 Å². The molecular weight excluding hydrogens is 454 g/mol. The van der Waals surface area contributed by atoms with Gasteiger partial charge >= 0.3 is 0 Å². The van der Waals surface area contributed by atoms with Crippen LogP contribution in [-0.4, -0.2) is 46.6 Å². The predicted molar refractivity (Wildman–Crippen MR) is 133 cm³/mol. The highest BCUT2D eigenvalue weighted by Crippen LogP contribution is 2.45. The fraction of sp³-hybridized carbons (Fsp3) is 0.269. The molecule has 4 heterocycles. The van der Waals surface area contributed by atoms with Gasteiger partial charge in [-0.2, -0.15) is 9.78 Å². The minimum atomic E-state index is 0.386. The van der Waals surface area contributed by atoms with Crippen LogP contribution in [0.4, 0.5) is 5.82 Å². The van der Waals surface area contributed by atoms with Gasteiger partial charge in [0.25, 0.3) is 5.82 Å². The number of rotatable bonds is 6. The molecule has 4 aromatic heterocycles. The first kappa shape index (κ1) is 21.9. The molecule has 6 rings (SSSR count). The molecule has 1 saturated carbocycles. The van der Waals surface area contributed by atoms with Gasteiger partial charge in [0, 0.05) is 19.4 Å². The quantitative estimate of drug-likeness (QED) is 0.335. The molecule has 178 valence electrons. The van der Waals surface area contributed by atoms with Gasteiger partial charge in [-0.25, -0.2) is 19.9 Å². The highest BCUT2D eigenvalue weighted by atomic mass is 16.5. The van der Waals surface area contributed by atoms with Gasteiger partial charge in [0.05, 0.1) is 36.1 Å². The van der Waals surface area contributed by atoms with E-state index in [0.29, 0.717) is 29.9 Å². The summed E-state index contributed by atoms with van der Waals surface area (Å²) in [7, 11) is 3.50. The average molecular weight is 478 g/mol. The van der Waals surface area contributed by atoms with E-state index >= 15 is 0 Å². The van der Waals surface area contributed by atoms with Crippen LogP contribution in [0.15, 0.2) is 42.9 Å². The van der Waals surface area contributed by atoms with E-state index in [9.17, 15) is 0 Å². The molecule has 0 aliphatic heterocycles. The number of nitrogens with zero attached hydrogens (tertiary/aromatic N) is 9. The number of aryl methyl sites for hydroxylation is 2. The van der Waals surface area contributed by atoms with E-state index in [4.69, 9.17) is 21.4 Å². The van der Waals surface area contributed by atoms with Gasteiger partial charge in [0.15, 0.2) is 5.82 Å². The Balaban J connectivity index is 1.36. The fourth-order valence-electron chi connectivity index (χ4n) is 4.48. The van der Waals surface area contributed by atoms with Crippen molar-refractivity contribution in [1.29, 1.82) is 0 Å². The van der Waals surface area contributed by atoms with Crippen molar-refractivity contribution in [3.8, 4) is 23.0 Å². The molecule has 0 radical (unpaired) electrons. The van der Waals surface area contributed by atoms with Crippen LogP contribution in [-0.2, 0) is 13.5 Å². The summed E-state index contributed by atoms with van der Waals surface area (Å²) in [6.45, 7) is 9.13. The molecule has 36 heavy (non-hydrogen) atoms. The molecule has 10 heteroatoms. The van der Waals surface area contributed by atoms with Crippen molar-refractivity contribution in [3.05, 3.63) is 76.9 Å². The van der Waals surface area contributed by atoms with Crippen molar-refractivity contribution in [2.45, 2.75) is 32.1 Å². The summed E-state index contributed by atoms with van der Waals surface area (Å²) in [4.78, 5) is 21.8. The van der Waals surface area contributed by atoms with Gasteiger partial charge in [0.2, 0.25) is 5.88 Å². The lowest BCUT2D eigenvalue weighted by molar-refractivity contribution is 0.397. The molecule has 10 nitrogen and oxygen atoms in total. The molecule has 0 spiro atoms. The third kappa shape index (κ3) is 3.75. The van der Waals surface area contributed by atoms with Gasteiger partial charge in [-0.1, -0.05) is 18.7 Å². The highest BCUT2D eigenvalue weighted by molar-refractivity contribution is 5.80. The van der Waals surface area contributed by atoms with Crippen molar-refractivity contribution < 1.29 is 4.74 Å². The van der Waals surface area contributed by atoms with Gasteiger partial charge in [0.1, 0.15) is 22.9 Å². The third-order valence-corrected chi connectivity index (χ3v) is 6.43. The summed E-state index contributed by atoms with van der Waals surface area (Å²) < 4.78 is 9.14. The third-order valence-electron chi connectivity index (χ3n) is 6.43. The second-order valence-corrected chi connectivity index (χ2v) is 8.93. The van der Waals surface area contributed by atoms with Crippen LogP contribution >= 0.6 is 0 Å². The van der Waals surface area contributed by atoms with Crippen molar-refractivity contribution in [1.82, 2.24) is 39.5 Å². The summed E-state index contributed by atoms with van der Waals surface area (Å²) in [5, 5.41) is 9.08. The van der Waals surface area contributed by atoms with Gasteiger partial charge < -0.3 is 9.58 Å². The standard InChI is InChI=1S/C26H23N9O/c1-15-11-21(27-2)33-35(15)18-9-5-16(6-10-18)12-19-24-20(34(3)32-19)13-28-25(31-24)22-23(17-7-8-17)29-14-30-26(22)36-4/h5-6,9-11,13-14,17H,7-8,12H2,1,3-4H3. The maximum Gasteiger partial charge on any atom is 0.296 e. The second kappa shape index (κ2) is 8.53. The van der Waals surface area contributed by atoms with Crippen LogP contribution in [0.1, 0.15) is 41.4 Å². The van der Waals surface area contributed by atoms with Crippen LogP contribution in [0.3, 0.4) is 0 Å². The minimum absolute atomic E-state index is 0.386. The predicted octanol–water partition coefficient (Wildman–Crippen LogP) is 4.34. The zero-order chi connectivity index (χ0) is 24.8. The Labute approximate surface area is 207 Å². The second-order valence-electron chi connectivity index (χ2n) is 8.93. The van der Waals surface area contributed by atoms with Crippen LogP contribution in [0.5, 0.6) is 5.88 Å². The topological polar surface area (TPSA) is 101 Å². The average Bonchev–Trinajstić information content (AvgIpc) is 3.62. The summed E-state index contributed by atoms with van der Waals surface area (Å²) in [6, 6.07) is 9.89. The number of ether oxygens (including phenoxy) is 1. The molecule has 0 amide bonds. The zero-order valence-corrected chi connectivity index (χ0v) is 20.2. The Hall–Kier alpha value is -4.65. The van der Waals surface area contributed by atoms with Crippen molar-refractivity contribution in [2.75, 3.05) is 7.11 Å². The molecule has 5 aromatic rings. The van der Waals surface area contributed by atoms with E-state index in [1.165, 1.54) is 0 Å². The molecular formula is C26H23N9O. The first-order chi connectivity index (χ1) is 17.6. The number of methoxy groups -OCH3 is 1. The number of hydrogen-bond acceptors (Lipinski definition) is 7. The van der Waals surface area contributed by atoms with Crippen molar-refractivity contribution in [3.63, 3.8) is 0 Å². The molecule has 0 bridgehead atoms. The zero-order valence-electron chi connectivity index (χ0n) is 20.2. The molecule has 1 aliphatic rings. The van der Waals surface area contributed by atoms with Crippen molar-refractivity contribution in [2.24, 2.45) is 7.05 Å². The SMILES string of the molecule is [C-]#[N+]c1cc(C)n(-c2ccc(Cc3nn(C)c4cnc(-c5c(OC)ncnc5C5CC5)nc34)cc2)n1. The lowest BCUT2D eigenvalue weighted by atomic mass is 10.1. The largest absolute Gasteiger partial charge is 0.480 e. The first-order valence-corrected chi connectivity index (χ1v) is 11.7. The van der Waals surface area contributed by atoms with E-state index in [-0.39, 0.29) is 0 Å². The fourth-order valence-corrected chi connectivity index (χ4v) is 4.48. The van der Waals surface area contributed by atoms with E-state index in [1.807, 2.05) is 30.8 Å². The van der Waals surface area contributed by atoms with Crippen LogP contribution in [0.2, 0.25) is 0 Å². The molecule has 0 saturated heterocycles. The number of fused-ring (bicyclic) bond motifs is 1. The lowest BCUT2D eigenvalue weighted by Gasteiger charge is -2.10. The molecule has 1 fully saturated rings. The number of aromatic nitrogens is 8. The molecule has 1 aromatic carbocycles. The van der Waals surface area contributed by atoms with E-state index < -0.39 is 0 Å². The van der Waals surface area contributed by atoms with Crippen molar-refractivity contribution >= 4 is 16.9 Å². The number of benzene rings is 1.